The van der Waals surface area contributed by atoms with Crippen molar-refractivity contribution in [1.29, 1.82) is 0 Å². The molecule has 0 aromatic heterocycles. The van der Waals surface area contributed by atoms with Crippen molar-refractivity contribution < 1.29 is 32.4 Å². The molecule has 20 heavy (non-hydrogen) atoms. The van der Waals surface area contributed by atoms with E-state index in [0.717, 1.165) is 7.05 Å². The van der Waals surface area contributed by atoms with Gasteiger partial charge in [-0.25, -0.2) is 5.06 Å². The molecule has 0 saturated heterocycles. The smallest absolute Gasteiger partial charge is 0.353 e. The Labute approximate surface area is 114 Å². The molecule has 6 nitrogen and oxygen atoms in total. The van der Waals surface area contributed by atoms with Crippen LogP contribution in [0.2, 0.25) is 0 Å². The van der Waals surface area contributed by atoms with Crippen molar-refractivity contribution in [3.05, 3.63) is 0 Å². The molecule has 0 aromatic rings. The monoisotopic (exact) mass is 298 g/mol. The first-order valence-corrected chi connectivity index (χ1v) is 5.66. The maximum atomic E-state index is 12.5. The average Bonchev–Trinajstić information content (AvgIpc) is 2.29. The number of likely N-dealkylation sites (N-methyl/N-ethyl adjacent to an activating group) is 1. The van der Waals surface area contributed by atoms with Crippen LogP contribution in [-0.4, -0.2) is 48.0 Å². The van der Waals surface area contributed by atoms with E-state index in [4.69, 9.17) is 4.84 Å². The number of amides is 2. The lowest BCUT2D eigenvalue weighted by atomic mass is 10.1. The van der Waals surface area contributed by atoms with Crippen LogP contribution in [0.15, 0.2) is 0 Å². The summed E-state index contributed by atoms with van der Waals surface area (Å²) in [5.41, 5.74) is -1.01. The lowest BCUT2D eigenvalue weighted by Crippen LogP contribution is -2.50. The molecule has 2 amide bonds. The molecule has 0 radical (unpaired) electrons. The normalized spacial score (nSPS) is 13.6. The topological polar surface area (TPSA) is 75.7 Å². The molecule has 0 spiro atoms. The number of nitrogens with one attached hydrogen (secondary N) is 1. The van der Waals surface area contributed by atoms with Crippen LogP contribution >= 0.6 is 0 Å². The van der Waals surface area contributed by atoms with Gasteiger partial charge in [-0.1, -0.05) is 0 Å². The van der Waals surface area contributed by atoms with Crippen LogP contribution in [0.5, 0.6) is 0 Å². The minimum Gasteiger partial charge on any atom is -0.353 e. The second kappa shape index (κ2) is 6.69. The number of halogens is 3. The first-order chi connectivity index (χ1) is 8.91. The summed E-state index contributed by atoms with van der Waals surface area (Å²) in [6.07, 6.45) is -6.46. The number of ketones is 1. The average molecular weight is 298 g/mol. The minimum atomic E-state index is -4.74. The van der Waals surface area contributed by atoms with Crippen LogP contribution in [0.1, 0.15) is 27.2 Å². The van der Waals surface area contributed by atoms with Gasteiger partial charge in [-0.05, 0) is 20.8 Å². The molecule has 0 aliphatic rings. The van der Waals surface area contributed by atoms with Gasteiger partial charge in [0.2, 0.25) is 12.2 Å². The minimum absolute atomic E-state index is 0.0531. The lowest BCUT2D eigenvalue weighted by Gasteiger charge is -2.32. The number of hydrogen-bond acceptors (Lipinski definition) is 4. The summed E-state index contributed by atoms with van der Waals surface area (Å²) >= 11 is 0. The van der Waals surface area contributed by atoms with E-state index >= 15 is 0 Å². The Balaban J connectivity index is 5.32. The predicted octanol–water partition coefficient (Wildman–Crippen LogP) is 0.811. The fraction of sp³-hybridized carbons (Fsp3) is 0.727. The molecule has 9 heteroatoms. The summed E-state index contributed by atoms with van der Waals surface area (Å²) < 4.78 is 37.4. The van der Waals surface area contributed by atoms with Gasteiger partial charge in [-0.3, -0.25) is 19.2 Å². The molecule has 1 unspecified atom stereocenters. The Kier molecular flexibility index (Phi) is 6.14. The molecule has 0 saturated carbocycles. The Bertz CT molecular complexity index is 377. The van der Waals surface area contributed by atoms with E-state index in [-0.39, 0.29) is 11.5 Å². The highest BCUT2D eigenvalue weighted by molar-refractivity contribution is 6.38. The molecule has 1 N–H and O–H groups in total. The fourth-order valence-electron chi connectivity index (χ4n) is 1.27. The van der Waals surface area contributed by atoms with Crippen LogP contribution in [-0.2, 0) is 19.2 Å². The first kappa shape index (κ1) is 18.4. The third kappa shape index (κ3) is 6.50. The van der Waals surface area contributed by atoms with Gasteiger partial charge in [-0.15, -0.1) is 0 Å². The van der Waals surface area contributed by atoms with Crippen molar-refractivity contribution in [2.45, 2.75) is 45.0 Å². The van der Waals surface area contributed by atoms with E-state index < -0.39 is 35.9 Å². The highest BCUT2D eigenvalue weighted by Crippen LogP contribution is 2.25. The van der Waals surface area contributed by atoms with Gasteiger partial charge in [0, 0.05) is 7.05 Å². The van der Waals surface area contributed by atoms with E-state index in [0.29, 0.717) is 0 Å². The van der Waals surface area contributed by atoms with Crippen molar-refractivity contribution in [2.75, 3.05) is 7.05 Å². The van der Waals surface area contributed by atoms with Crippen molar-refractivity contribution in [2.24, 2.45) is 0 Å². The molecular formula is C11H17F3N2O4. The Morgan fingerprint density at radius 3 is 2.10 bits per heavy atom. The molecule has 116 valence electrons. The van der Waals surface area contributed by atoms with E-state index in [2.05, 4.69) is 0 Å². The van der Waals surface area contributed by atoms with Crippen LogP contribution in [0, 0.1) is 0 Å². The van der Waals surface area contributed by atoms with Gasteiger partial charge >= 0.3 is 6.18 Å². The number of carbonyl (C=O) groups excluding carboxylic acids is 3. The summed E-state index contributed by atoms with van der Waals surface area (Å²) in [6.45, 7) is 4.45. The molecular weight excluding hydrogens is 281 g/mol. The van der Waals surface area contributed by atoms with Gasteiger partial charge in [0.1, 0.15) is 6.04 Å². The molecule has 0 rings (SSSR count). The zero-order valence-electron chi connectivity index (χ0n) is 11.6. The molecule has 0 aliphatic carbocycles. The van der Waals surface area contributed by atoms with Gasteiger partial charge in [0.25, 0.3) is 5.91 Å². The SMILES string of the molecule is CNC(=O)C(=O)C(CC(F)(F)F)N(C=O)OC(C)(C)C. The number of Topliss-reactive ketones (excluding diaryl/α,β-unsaturated/α-hetero) is 1. The second-order valence-corrected chi connectivity index (χ2v) is 4.95. The third-order valence-electron chi connectivity index (χ3n) is 1.97. The van der Waals surface area contributed by atoms with Crippen LogP contribution in [0.25, 0.3) is 0 Å². The lowest BCUT2D eigenvalue weighted by molar-refractivity contribution is -0.244. The van der Waals surface area contributed by atoms with E-state index in [1.54, 1.807) is 0 Å². The number of rotatable bonds is 6. The van der Waals surface area contributed by atoms with Gasteiger partial charge in [-0.2, -0.15) is 13.2 Å². The summed E-state index contributed by atoms with van der Waals surface area (Å²) in [4.78, 5) is 38.7. The van der Waals surface area contributed by atoms with Gasteiger partial charge in [0.05, 0.1) is 12.0 Å². The Hall–Kier alpha value is -1.64. The van der Waals surface area contributed by atoms with Crippen molar-refractivity contribution in [3.63, 3.8) is 0 Å². The fourth-order valence-corrected chi connectivity index (χ4v) is 1.27. The zero-order valence-corrected chi connectivity index (χ0v) is 11.6. The third-order valence-corrected chi connectivity index (χ3v) is 1.97. The second-order valence-electron chi connectivity index (χ2n) is 4.95. The molecule has 0 bridgehead atoms. The Morgan fingerprint density at radius 2 is 1.80 bits per heavy atom. The maximum absolute atomic E-state index is 12.5. The summed E-state index contributed by atoms with van der Waals surface area (Å²) in [5.74, 6) is -2.63. The van der Waals surface area contributed by atoms with E-state index in [9.17, 15) is 27.6 Å². The molecule has 0 fully saturated rings. The maximum Gasteiger partial charge on any atom is 0.391 e. The summed E-state index contributed by atoms with van der Waals surface area (Å²) in [5, 5.41) is 2.15. The largest absolute Gasteiger partial charge is 0.391 e. The van der Waals surface area contributed by atoms with Crippen LogP contribution < -0.4 is 5.32 Å². The van der Waals surface area contributed by atoms with E-state index in [1.165, 1.54) is 20.8 Å². The summed E-state index contributed by atoms with van der Waals surface area (Å²) in [7, 11) is 1.10. The van der Waals surface area contributed by atoms with Gasteiger partial charge in [0.15, 0.2) is 0 Å². The predicted molar refractivity (Wildman–Crippen MR) is 62.3 cm³/mol. The zero-order chi connectivity index (χ0) is 16.1. The molecule has 0 heterocycles. The van der Waals surface area contributed by atoms with Gasteiger partial charge < -0.3 is 5.32 Å². The highest BCUT2D eigenvalue weighted by Gasteiger charge is 2.42. The standard InChI is InChI=1S/C11H17F3N2O4/c1-10(2,3)20-16(6-17)7(5-11(12,13)14)8(18)9(19)15-4/h6-7H,5H2,1-4H3,(H,15,19). The summed E-state index contributed by atoms with van der Waals surface area (Å²) in [6, 6.07) is -2.06. The van der Waals surface area contributed by atoms with Crippen molar-refractivity contribution in [3.8, 4) is 0 Å². The highest BCUT2D eigenvalue weighted by atomic mass is 19.4. The van der Waals surface area contributed by atoms with Crippen molar-refractivity contribution >= 4 is 18.1 Å². The first-order valence-electron chi connectivity index (χ1n) is 5.66. The quantitative estimate of drug-likeness (QED) is 0.447. The number of alkyl halides is 3. The number of hydrogen-bond donors (Lipinski definition) is 1. The number of carbonyl (C=O) groups is 3. The van der Waals surface area contributed by atoms with Crippen LogP contribution in [0.3, 0.4) is 0 Å². The number of hydroxylamine groups is 2. The molecule has 1 atom stereocenters. The van der Waals surface area contributed by atoms with Crippen LogP contribution in [0.4, 0.5) is 13.2 Å². The molecule has 0 aliphatic heterocycles. The number of nitrogens with zero attached hydrogens (tertiary/aromatic N) is 1. The molecule has 0 aromatic carbocycles. The van der Waals surface area contributed by atoms with E-state index in [1.807, 2.05) is 5.32 Å². The van der Waals surface area contributed by atoms with Crippen molar-refractivity contribution in [1.82, 2.24) is 10.4 Å². The Morgan fingerprint density at radius 1 is 1.30 bits per heavy atom.